The molecule has 0 fully saturated rings. The maximum Gasteiger partial charge on any atom is 0.279 e. The molecule has 0 unspecified atom stereocenters. The smallest absolute Gasteiger partial charge is 0.279 e. The van der Waals surface area contributed by atoms with Gasteiger partial charge in [0.25, 0.3) is 5.91 Å². The molecule has 0 saturated carbocycles. The van der Waals surface area contributed by atoms with Crippen molar-refractivity contribution in [1.29, 1.82) is 0 Å². The van der Waals surface area contributed by atoms with E-state index in [0.717, 1.165) is 21.3 Å². The van der Waals surface area contributed by atoms with Crippen LogP contribution in [0.1, 0.15) is 35.3 Å². The third-order valence-corrected chi connectivity index (χ3v) is 8.34. The van der Waals surface area contributed by atoms with Gasteiger partial charge in [0.2, 0.25) is 10.0 Å². The van der Waals surface area contributed by atoms with Gasteiger partial charge in [-0.2, -0.15) is 9.30 Å². The van der Waals surface area contributed by atoms with E-state index in [9.17, 15) is 13.2 Å². The van der Waals surface area contributed by atoms with Crippen molar-refractivity contribution >= 4 is 37.5 Å². The summed E-state index contributed by atoms with van der Waals surface area (Å²) in [5, 5.41) is 0. The molecule has 1 heterocycles. The zero-order valence-electron chi connectivity index (χ0n) is 18.2. The highest BCUT2D eigenvalue weighted by atomic mass is 32.2. The number of sulfonamides is 1. The Hall–Kier alpha value is -2.73. The molecule has 6 nitrogen and oxygen atoms in total. The molecule has 2 aromatic carbocycles. The Kier molecular flexibility index (Phi) is 6.51. The summed E-state index contributed by atoms with van der Waals surface area (Å²) in [6.07, 6.45) is 5.55. The molecule has 0 atom stereocenters. The second-order valence-corrected chi connectivity index (χ2v) is 10.6. The molecule has 0 radical (unpaired) electrons. The molecule has 3 aromatic rings. The van der Waals surface area contributed by atoms with E-state index in [4.69, 9.17) is 6.42 Å². The first-order valence-corrected chi connectivity index (χ1v) is 12.0. The van der Waals surface area contributed by atoms with E-state index in [2.05, 4.69) is 17.0 Å². The van der Waals surface area contributed by atoms with Crippen LogP contribution in [-0.2, 0) is 16.6 Å². The summed E-state index contributed by atoms with van der Waals surface area (Å²) in [7, 11) is -2.08. The lowest BCUT2D eigenvalue weighted by atomic mass is 10.1. The average Bonchev–Trinajstić information content (AvgIpc) is 3.05. The Balaban J connectivity index is 2.03. The van der Waals surface area contributed by atoms with Crippen molar-refractivity contribution in [2.75, 3.05) is 7.05 Å². The number of carbonyl (C=O) groups excluding carboxylic acids is 1. The highest BCUT2D eigenvalue weighted by molar-refractivity contribution is 7.89. The first-order valence-electron chi connectivity index (χ1n) is 9.77. The Bertz CT molecular complexity index is 1360. The number of thiazole rings is 1. The van der Waals surface area contributed by atoms with Gasteiger partial charge in [-0.25, -0.2) is 8.42 Å². The maximum absolute atomic E-state index is 12.8. The van der Waals surface area contributed by atoms with E-state index >= 15 is 0 Å². The molecular weight excluding hydrogens is 430 g/mol. The van der Waals surface area contributed by atoms with Gasteiger partial charge in [-0.05, 0) is 69.2 Å². The fourth-order valence-corrected chi connectivity index (χ4v) is 5.65. The van der Waals surface area contributed by atoms with Crippen LogP contribution in [0.2, 0.25) is 0 Å². The number of terminal acetylenes is 1. The minimum absolute atomic E-state index is 0.135. The summed E-state index contributed by atoms with van der Waals surface area (Å²) < 4.78 is 29.4. The lowest BCUT2D eigenvalue weighted by Gasteiger charge is -2.20. The van der Waals surface area contributed by atoms with Crippen molar-refractivity contribution in [3.63, 3.8) is 0 Å². The van der Waals surface area contributed by atoms with Crippen molar-refractivity contribution in [3.8, 4) is 12.3 Å². The number of benzene rings is 2. The molecule has 31 heavy (non-hydrogen) atoms. The van der Waals surface area contributed by atoms with Crippen LogP contribution in [0.25, 0.3) is 10.2 Å². The number of carbonyl (C=O) groups is 1. The van der Waals surface area contributed by atoms with Gasteiger partial charge in [-0.1, -0.05) is 23.3 Å². The topological polar surface area (TPSA) is 71.7 Å². The van der Waals surface area contributed by atoms with Crippen LogP contribution in [0, 0.1) is 26.2 Å². The predicted molar refractivity (Wildman–Crippen MR) is 125 cm³/mol. The van der Waals surface area contributed by atoms with Gasteiger partial charge in [-0.15, -0.1) is 6.42 Å². The van der Waals surface area contributed by atoms with E-state index in [-0.39, 0.29) is 10.9 Å². The van der Waals surface area contributed by atoms with Gasteiger partial charge in [0.15, 0.2) is 4.80 Å². The van der Waals surface area contributed by atoms with Crippen molar-refractivity contribution in [1.82, 2.24) is 8.87 Å². The average molecular weight is 456 g/mol. The van der Waals surface area contributed by atoms with Gasteiger partial charge in [0.05, 0.1) is 21.7 Å². The molecule has 8 heteroatoms. The summed E-state index contributed by atoms with van der Waals surface area (Å²) in [4.78, 5) is 17.8. The molecule has 1 aromatic heterocycles. The summed E-state index contributed by atoms with van der Waals surface area (Å²) in [6, 6.07) is 9.79. The van der Waals surface area contributed by atoms with E-state index in [1.54, 1.807) is 13.8 Å². The van der Waals surface area contributed by atoms with Gasteiger partial charge >= 0.3 is 0 Å². The zero-order valence-corrected chi connectivity index (χ0v) is 19.8. The quantitative estimate of drug-likeness (QED) is 0.551. The largest absolute Gasteiger partial charge is 0.305 e. The monoisotopic (exact) mass is 455 g/mol. The summed E-state index contributed by atoms with van der Waals surface area (Å²) in [6.45, 7) is 7.93. The summed E-state index contributed by atoms with van der Waals surface area (Å²) >= 11 is 1.41. The molecule has 1 amide bonds. The van der Waals surface area contributed by atoms with Gasteiger partial charge in [0.1, 0.15) is 0 Å². The highest BCUT2D eigenvalue weighted by Gasteiger charge is 2.23. The lowest BCUT2D eigenvalue weighted by Crippen LogP contribution is -2.33. The number of rotatable bonds is 5. The second kappa shape index (κ2) is 8.79. The minimum atomic E-state index is -3.61. The van der Waals surface area contributed by atoms with E-state index in [0.29, 0.717) is 16.9 Å². The van der Waals surface area contributed by atoms with Crippen molar-refractivity contribution in [3.05, 3.63) is 57.9 Å². The number of nitrogens with zero attached hydrogens (tertiary/aromatic N) is 3. The Morgan fingerprint density at radius 1 is 1.23 bits per heavy atom. The minimum Gasteiger partial charge on any atom is -0.305 e. The van der Waals surface area contributed by atoms with Crippen molar-refractivity contribution in [2.45, 2.75) is 45.2 Å². The first-order chi connectivity index (χ1) is 14.6. The molecular formula is C23H25N3O3S2. The fraction of sp³-hybridized carbons (Fsp3) is 0.304. The molecule has 0 aliphatic carbocycles. The standard InChI is InChI=1S/C23H25N3O3S2/c1-7-12-26-20-14-16(4)13-17(5)21(20)30-23(26)24-22(27)18-8-10-19(11-9-18)31(28,29)25(6)15(2)3/h1,8-11,13-15H,12H2,2-6H3. The molecule has 3 rings (SSSR count). The number of aryl methyl sites for hydroxylation is 2. The number of fused-ring (bicyclic) bond motifs is 1. The van der Waals surface area contributed by atoms with Gasteiger partial charge in [-0.3, -0.25) is 4.79 Å². The first kappa shape index (κ1) is 22.9. The molecule has 0 aliphatic rings. The van der Waals surface area contributed by atoms with Gasteiger partial charge < -0.3 is 4.57 Å². The van der Waals surface area contributed by atoms with E-state index < -0.39 is 15.9 Å². The van der Waals surface area contributed by atoms with Crippen LogP contribution < -0.4 is 4.80 Å². The number of aromatic nitrogens is 1. The number of hydrogen-bond acceptors (Lipinski definition) is 4. The summed E-state index contributed by atoms with van der Waals surface area (Å²) in [5.41, 5.74) is 3.46. The number of amides is 1. The highest BCUT2D eigenvalue weighted by Crippen LogP contribution is 2.23. The SMILES string of the molecule is C#CCn1c(=NC(=O)c2ccc(S(=O)(=O)N(C)C(C)C)cc2)sc2c(C)cc(C)cc21. The van der Waals surface area contributed by atoms with Crippen LogP contribution in [0.4, 0.5) is 0 Å². The molecule has 0 saturated heterocycles. The van der Waals surface area contributed by atoms with Crippen molar-refractivity contribution in [2.24, 2.45) is 4.99 Å². The molecule has 0 bridgehead atoms. The summed E-state index contributed by atoms with van der Waals surface area (Å²) in [5.74, 6) is 2.17. The van der Waals surface area contributed by atoms with Crippen LogP contribution in [0.3, 0.4) is 0 Å². The zero-order chi connectivity index (χ0) is 22.9. The van der Waals surface area contributed by atoms with Crippen molar-refractivity contribution < 1.29 is 13.2 Å². The Morgan fingerprint density at radius 2 is 1.87 bits per heavy atom. The second-order valence-electron chi connectivity index (χ2n) is 7.66. The third-order valence-electron chi connectivity index (χ3n) is 5.07. The number of hydrogen-bond donors (Lipinski definition) is 0. The molecule has 0 aliphatic heterocycles. The van der Waals surface area contributed by atoms with Crippen LogP contribution >= 0.6 is 11.3 Å². The van der Waals surface area contributed by atoms with Crippen LogP contribution in [0.5, 0.6) is 0 Å². The van der Waals surface area contributed by atoms with Gasteiger partial charge in [0, 0.05) is 18.7 Å². The Labute approximate surface area is 186 Å². The maximum atomic E-state index is 12.8. The lowest BCUT2D eigenvalue weighted by molar-refractivity contribution is 0.0998. The molecule has 162 valence electrons. The van der Waals surface area contributed by atoms with E-state index in [1.165, 1.54) is 47.0 Å². The fourth-order valence-electron chi connectivity index (χ4n) is 3.21. The molecule has 0 spiro atoms. The Morgan fingerprint density at radius 3 is 2.45 bits per heavy atom. The predicted octanol–water partition coefficient (Wildman–Crippen LogP) is 3.72. The van der Waals surface area contributed by atoms with E-state index in [1.807, 2.05) is 24.5 Å². The third kappa shape index (κ3) is 4.49. The normalized spacial score (nSPS) is 12.6. The molecule has 0 N–H and O–H groups in total. The van der Waals surface area contributed by atoms with Crippen LogP contribution in [0.15, 0.2) is 46.3 Å². The van der Waals surface area contributed by atoms with Crippen LogP contribution in [-0.4, -0.2) is 36.3 Å².